The molecule has 0 spiro atoms. The number of amides is 2. The molecule has 3 rings (SSSR count). The van der Waals surface area contributed by atoms with Crippen molar-refractivity contribution in [2.45, 2.75) is 26.2 Å². The molecule has 1 aliphatic rings. The first kappa shape index (κ1) is 20.9. The van der Waals surface area contributed by atoms with E-state index in [4.69, 9.17) is 9.47 Å². The summed E-state index contributed by atoms with van der Waals surface area (Å²) >= 11 is 0. The van der Waals surface area contributed by atoms with Crippen molar-refractivity contribution in [3.05, 3.63) is 59.7 Å². The summed E-state index contributed by atoms with van der Waals surface area (Å²) in [5.74, 6) is 0.523. The van der Waals surface area contributed by atoms with E-state index in [1.165, 1.54) is 5.56 Å². The highest BCUT2D eigenvalue weighted by atomic mass is 16.5. The van der Waals surface area contributed by atoms with Crippen LogP contribution in [0.4, 0.5) is 5.69 Å². The van der Waals surface area contributed by atoms with E-state index in [1.807, 2.05) is 24.3 Å². The Kier molecular flexibility index (Phi) is 7.25. The smallest absolute Gasteiger partial charge is 0.262 e. The molecule has 1 N–H and O–H groups in total. The fraction of sp³-hybridized carbons (Fsp3) is 0.391. The van der Waals surface area contributed by atoms with Crippen LogP contribution in [0, 0.1) is 0 Å². The third kappa shape index (κ3) is 5.57. The lowest BCUT2D eigenvalue weighted by Crippen LogP contribution is -2.40. The molecule has 6 nitrogen and oxygen atoms in total. The van der Waals surface area contributed by atoms with Crippen LogP contribution in [0.15, 0.2) is 48.5 Å². The first-order valence-electron chi connectivity index (χ1n) is 10.1. The quantitative estimate of drug-likeness (QED) is 0.775. The van der Waals surface area contributed by atoms with E-state index in [2.05, 4.69) is 19.2 Å². The van der Waals surface area contributed by atoms with Gasteiger partial charge in [-0.1, -0.05) is 38.1 Å². The second kappa shape index (κ2) is 10.1. The molecule has 1 aliphatic heterocycles. The molecule has 0 saturated carbocycles. The molecule has 0 radical (unpaired) electrons. The van der Waals surface area contributed by atoms with Gasteiger partial charge < -0.3 is 19.7 Å². The Morgan fingerprint density at radius 3 is 2.48 bits per heavy atom. The van der Waals surface area contributed by atoms with Crippen LogP contribution in [0.1, 0.15) is 42.1 Å². The Hall–Kier alpha value is -2.86. The van der Waals surface area contributed by atoms with E-state index in [0.717, 1.165) is 12.1 Å². The van der Waals surface area contributed by atoms with Gasteiger partial charge in [0.1, 0.15) is 5.75 Å². The standard InChI is InChI=1S/C23H28N2O4/c1-3-17(2)18-8-10-19(11-9-18)24-22(26)16-29-21-7-5-4-6-20(21)23(27)25-12-14-28-15-13-25/h4-11,17H,3,12-16H2,1-2H3,(H,24,26)/t17-/m1/s1. The van der Waals surface area contributed by atoms with Crippen LogP contribution in [0.25, 0.3) is 0 Å². The number of hydrogen-bond acceptors (Lipinski definition) is 4. The maximum absolute atomic E-state index is 12.8. The Bertz CT molecular complexity index is 829. The summed E-state index contributed by atoms with van der Waals surface area (Å²) in [7, 11) is 0. The summed E-state index contributed by atoms with van der Waals surface area (Å²) in [6, 6.07) is 14.9. The highest BCUT2D eigenvalue weighted by Crippen LogP contribution is 2.22. The van der Waals surface area contributed by atoms with Crippen molar-refractivity contribution in [2.24, 2.45) is 0 Å². The van der Waals surface area contributed by atoms with Crippen LogP contribution < -0.4 is 10.1 Å². The molecule has 1 atom stereocenters. The van der Waals surface area contributed by atoms with Crippen molar-refractivity contribution in [1.29, 1.82) is 0 Å². The van der Waals surface area contributed by atoms with E-state index >= 15 is 0 Å². The molecule has 0 aromatic heterocycles. The van der Waals surface area contributed by atoms with E-state index in [-0.39, 0.29) is 18.4 Å². The van der Waals surface area contributed by atoms with Gasteiger partial charge in [-0.05, 0) is 42.2 Å². The topological polar surface area (TPSA) is 67.9 Å². The zero-order chi connectivity index (χ0) is 20.6. The second-order valence-electron chi connectivity index (χ2n) is 7.17. The lowest BCUT2D eigenvalue weighted by Gasteiger charge is -2.27. The first-order chi connectivity index (χ1) is 14.1. The molecular formula is C23H28N2O4. The first-order valence-corrected chi connectivity index (χ1v) is 10.1. The Balaban J connectivity index is 1.58. The molecule has 6 heteroatoms. The number of carbonyl (C=O) groups is 2. The molecule has 0 bridgehead atoms. The zero-order valence-electron chi connectivity index (χ0n) is 17.0. The summed E-state index contributed by atoms with van der Waals surface area (Å²) in [6.07, 6.45) is 1.07. The average molecular weight is 396 g/mol. The summed E-state index contributed by atoms with van der Waals surface area (Å²) in [5, 5.41) is 2.83. The third-order valence-corrected chi connectivity index (χ3v) is 5.15. The highest BCUT2D eigenvalue weighted by Gasteiger charge is 2.21. The van der Waals surface area contributed by atoms with Crippen LogP contribution in [-0.4, -0.2) is 49.6 Å². The number of para-hydroxylation sites is 1. The number of morpholine rings is 1. The van der Waals surface area contributed by atoms with E-state index in [9.17, 15) is 9.59 Å². The van der Waals surface area contributed by atoms with Crippen molar-refractivity contribution < 1.29 is 19.1 Å². The lowest BCUT2D eigenvalue weighted by atomic mass is 9.99. The van der Waals surface area contributed by atoms with Gasteiger partial charge in [0.25, 0.3) is 11.8 Å². The highest BCUT2D eigenvalue weighted by molar-refractivity contribution is 5.97. The zero-order valence-corrected chi connectivity index (χ0v) is 17.0. The van der Waals surface area contributed by atoms with Gasteiger partial charge in [-0.2, -0.15) is 0 Å². The molecule has 1 fully saturated rings. The normalized spacial score (nSPS) is 14.9. The van der Waals surface area contributed by atoms with Crippen molar-refractivity contribution in [1.82, 2.24) is 4.90 Å². The Morgan fingerprint density at radius 2 is 1.79 bits per heavy atom. The van der Waals surface area contributed by atoms with Crippen molar-refractivity contribution >= 4 is 17.5 Å². The van der Waals surface area contributed by atoms with Gasteiger partial charge in [0.15, 0.2) is 6.61 Å². The monoisotopic (exact) mass is 396 g/mol. The number of hydrogen-bond donors (Lipinski definition) is 1. The van der Waals surface area contributed by atoms with Gasteiger partial charge in [0.05, 0.1) is 18.8 Å². The molecule has 2 aromatic rings. The predicted octanol–water partition coefficient (Wildman–Crippen LogP) is 3.69. The molecule has 2 amide bonds. The molecule has 1 heterocycles. The fourth-order valence-corrected chi connectivity index (χ4v) is 3.18. The Labute approximate surface area is 171 Å². The number of ether oxygens (including phenoxy) is 2. The van der Waals surface area contributed by atoms with Crippen LogP contribution >= 0.6 is 0 Å². The SMILES string of the molecule is CC[C@@H](C)c1ccc(NC(=O)COc2ccccc2C(=O)N2CCOCC2)cc1. The molecular weight excluding hydrogens is 368 g/mol. The van der Waals surface area contributed by atoms with E-state index in [1.54, 1.807) is 29.2 Å². The van der Waals surface area contributed by atoms with Gasteiger partial charge in [-0.25, -0.2) is 0 Å². The average Bonchev–Trinajstić information content (AvgIpc) is 2.78. The Morgan fingerprint density at radius 1 is 1.10 bits per heavy atom. The molecule has 0 unspecified atom stereocenters. The van der Waals surface area contributed by atoms with Crippen LogP contribution in [-0.2, 0) is 9.53 Å². The largest absolute Gasteiger partial charge is 0.483 e. The maximum atomic E-state index is 12.8. The maximum Gasteiger partial charge on any atom is 0.262 e. The number of nitrogens with zero attached hydrogens (tertiary/aromatic N) is 1. The van der Waals surface area contributed by atoms with Gasteiger partial charge >= 0.3 is 0 Å². The molecule has 1 saturated heterocycles. The second-order valence-corrected chi connectivity index (χ2v) is 7.17. The summed E-state index contributed by atoms with van der Waals surface area (Å²) < 4.78 is 11.0. The number of carbonyl (C=O) groups excluding carboxylic acids is 2. The van der Waals surface area contributed by atoms with Crippen LogP contribution in [0.3, 0.4) is 0 Å². The number of benzene rings is 2. The minimum atomic E-state index is -0.269. The van der Waals surface area contributed by atoms with Gasteiger partial charge in [0, 0.05) is 18.8 Å². The van der Waals surface area contributed by atoms with Gasteiger partial charge in [-0.15, -0.1) is 0 Å². The summed E-state index contributed by atoms with van der Waals surface area (Å²) in [4.78, 5) is 26.8. The van der Waals surface area contributed by atoms with Crippen LogP contribution in [0.5, 0.6) is 5.75 Å². The van der Waals surface area contributed by atoms with Gasteiger partial charge in [0.2, 0.25) is 0 Å². The van der Waals surface area contributed by atoms with Crippen LogP contribution in [0.2, 0.25) is 0 Å². The van der Waals surface area contributed by atoms with Crippen molar-refractivity contribution in [3.8, 4) is 5.75 Å². The van der Waals surface area contributed by atoms with Crippen molar-refractivity contribution in [3.63, 3.8) is 0 Å². The molecule has 154 valence electrons. The molecule has 2 aromatic carbocycles. The number of anilines is 1. The van der Waals surface area contributed by atoms with E-state index in [0.29, 0.717) is 43.5 Å². The third-order valence-electron chi connectivity index (χ3n) is 5.15. The summed E-state index contributed by atoms with van der Waals surface area (Å²) in [5.41, 5.74) is 2.43. The predicted molar refractivity (Wildman–Crippen MR) is 112 cm³/mol. The molecule has 29 heavy (non-hydrogen) atoms. The lowest BCUT2D eigenvalue weighted by molar-refractivity contribution is -0.118. The fourth-order valence-electron chi connectivity index (χ4n) is 3.18. The van der Waals surface area contributed by atoms with Gasteiger partial charge in [-0.3, -0.25) is 9.59 Å². The minimum absolute atomic E-state index is 0.107. The van der Waals surface area contributed by atoms with Crippen molar-refractivity contribution in [2.75, 3.05) is 38.2 Å². The van der Waals surface area contributed by atoms with E-state index < -0.39 is 0 Å². The molecule has 0 aliphatic carbocycles. The summed E-state index contributed by atoms with van der Waals surface area (Å²) in [6.45, 7) is 6.34. The number of rotatable bonds is 7. The minimum Gasteiger partial charge on any atom is -0.483 e. The number of nitrogens with one attached hydrogen (secondary N) is 1.